The second-order valence-electron chi connectivity index (χ2n) is 10.3. The van der Waals surface area contributed by atoms with E-state index in [0.717, 1.165) is 22.4 Å². The van der Waals surface area contributed by atoms with Gasteiger partial charge in [0, 0.05) is 6.42 Å². The van der Waals surface area contributed by atoms with Crippen LogP contribution in [0.1, 0.15) is 58.2 Å². The highest BCUT2D eigenvalue weighted by molar-refractivity contribution is 6.74. The highest BCUT2D eigenvalue weighted by atomic mass is 28.4. The van der Waals surface area contributed by atoms with Crippen molar-refractivity contribution in [1.82, 2.24) is 5.32 Å². The molecule has 0 heterocycles. The molecule has 1 N–H and O–H groups in total. The van der Waals surface area contributed by atoms with Crippen LogP contribution in [0.15, 0.2) is 12.1 Å². The smallest absolute Gasteiger partial charge is 0.408 e. The lowest BCUT2D eigenvalue weighted by Gasteiger charge is -2.36. The zero-order valence-corrected chi connectivity index (χ0v) is 21.5. The Morgan fingerprint density at radius 3 is 1.93 bits per heavy atom. The minimum atomic E-state index is -1.96. The van der Waals surface area contributed by atoms with Crippen LogP contribution in [0.5, 0.6) is 5.75 Å². The van der Waals surface area contributed by atoms with E-state index >= 15 is 0 Å². The van der Waals surface area contributed by atoms with E-state index in [0.29, 0.717) is 6.42 Å². The van der Waals surface area contributed by atoms with E-state index in [2.05, 4.69) is 39.2 Å². The Morgan fingerprint density at radius 1 is 1.03 bits per heavy atom. The maximum atomic E-state index is 12.3. The second kappa shape index (κ2) is 9.41. The molecular formula is C23H39NO5Si. The number of carbonyl (C=O) groups is 2. The number of alkyl carbamates (subject to hydrolysis) is 1. The number of esters is 1. The summed E-state index contributed by atoms with van der Waals surface area (Å²) in [5.74, 6) is 0.330. The van der Waals surface area contributed by atoms with Crippen LogP contribution in [0.3, 0.4) is 0 Å². The second-order valence-corrected chi connectivity index (χ2v) is 15.0. The third-order valence-electron chi connectivity index (χ3n) is 5.43. The van der Waals surface area contributed by atoms with Gasteiger partial charge in [-0.05, 0) is 81.6 Å². The Morgan fingerprint density at radius 2 is 1.53 bits per heavy atom. The fraction of sp³-hybridized carbons (Fsp3) is 0.652. The molecule has 0 bridgehead atoms. The Balaban J connectivity index is 3.11. The lowest BCUT2D eigenvalue weighted by molar-refractivity contribution is -0.143. The number of aryl methyl sites for hydroxylation is 2. The molecule has 0 aromatic heterocycles. The van der Waals surface area contributed by atoms with Gasteiger partial charge in [0.2, 0.25) is 8.32 Å². The molecule has 0 aliphatic heterocycles. The number of nitrogens with one attached hydrogen (secondary N) is 1. The standard InChI is InChI=1S/C23H39NO5Si/c1-15-12-17(29-30(10,11)23(6,7)8)13-16(2)18(15)14-19(20(25)27-9)24-21(26)28-22(3,4)5/h12-13,19H,14H2,1-11H3,(H,24,26)/t19-/m0/s1. The predicted octanol–water partition coefficient (Wildman–Crippen LogP) is 5.30. The quantitative estimate of drug-likeness (QED) is 0.483. The van der Waals surface area contributed by atoms with Crippen LogP contribution in [-0.2, 0) is 20.7 Å². The molecule has 30 heavy (non-hydrogen) atoms. The van der Waals surface area contributed by atoms with Crippen molar-refractivity contribution in [3.8, 4) is 5.75 Å². The van der Waals surface area contributed by atoms with Gasteiger partial charge >= 0.3 is 12.1 Å². The fourth-order valence-electron chi connectivity index (χ4n) is 2.77. The molecule has 6 nitrogen and oxygen atoms in total. The van der Waals surface area contributed by atoms with E-state index < -0.39 is 32.0 Å². The minimum Gasteiger partial charge on any atom is -0.543 e. The van der Waals surface area contributed by atoms with Gasteiger partial charge in [-0.3, -0.25) is 0 Å². The van der Waals surface area contributed by atoms with E-state index in [9.17, 15) is 9.59 Å². The van der Waals surface area contributed by atoms with Gasteiger partial charge < -0.3 is 19.2 Å². The normalized spacial score (nSPS) is 13.4. The topological polar surface area (TPSA) is 73.9 Å². The predicted molar refractivity (Wildman–Crippen MR) is 123 cm³/mol. The van der Waals surface area contributed by atoms with Crippen molar-refractivity contribution in [2.45, 2.75) is 91.6 Å². The molecule has 0 aliphatic rings. The molecule has 0 spiro atoms. The maximum Gasteiger partial charge on any atom is 0.408 e. The highest BCUT2D eigenvalue weighted by Gasteiger charge is 2.39. The summed E-state index contributed by atoms with van der Waals surface area (Å²) in [5.41, 5.74) is 2.33. The van der Waals surface area contributed by atoms with E-state index in [1.54, 1.807) is 20.8 Å². The Kier molecular flexibility index (Phi) is 8.16. The van der Waals surface area contributed by atoms with Crippen LogP contribution in [0.2, 0.25) is 18.1 Å². The first-order valence-electron chi connectivity index (χ1n) is 10.3. The Labute approximate surface area is 182 Å². The molecule has 1 aromatic carbocycles. The molecular weight excluding hydrogens is 398 g/mol. The average molecular weight is 438 g/mol. The number of hydrogen-bond acceptors (Lipinski definition) is 5. The lowest BCUT2D eigenvalue weighted by atomic mass is 9.96. The Bertz CT molecular complexity index is 752. The number of rotatable bonds is 6. The van der Waals surface area contributed by atoms with Crippen LogP contribution >= 0.6 is 0 Å². The summed E-state index contributed by atoms with van der Waals surface area (Å²) in [4.78, 5) is 24.5. The van der Waals surface area contributed by atoms with Gasteiger partial charge in [-0.15, -0.1) is 0 Å². The van der Waals surface area contributed by atoms with Crippen LogP contribution in [0.4, 0.5) is 4.79 Å². The van der Waals surface area contributed by atoms with Gasteiger partial charge in [0.25, 0.3) is 0 Å². The number of carbonyl (C=O) groups excluding carboxylic acids is 2. The van der Waals surface area contributed by atoms with Crippen molar-refractivity contribution >= 4 is 20.4 Å². The number of methoxy groups -OCH3 is 1. The summed E-state index contributed by atoms with van der Waals surface area (Å²) in [7, 11) is -0.649. The van der Waals surface area contributed by atoms with Crippen LogP contribution in [0, 0.1) is 13.8 Å². The Hall–Kier alpha value is -2.02. The summed E-state index contributed by atoms with van der Waals surface area (Å²) >= 11 is 0. The number of ether oxygens (including phenoxy) is 2. The van der Waals surface area contributed by atoms with E-state index in [-0.39, 0.29) is 5.04 Å². The van der Waals surface area contributed by atoms with Gasteiger partial charge in [0.05, 0.1) is 7.11 Å². The van der Waals surface area contributed by atoms with Crippen molar-refractivity contribution in [1.29, 1.82) is 0 Å². The molecule has 0 aliphatic carbocycles. The third kappa shape index (κ3) is 7.34. The summed E-state index contributed by atoms with van der Waals surface area (Å²) in [5, 5.41) is 2.74. The largest absolute Gasteiger partial charge is 0.543 e. The van der Waals surface area contributed by atoms with Gasteiger partial charge in [-0.25, -0.2) is 9.59 Å². The zero-order chi connectivity index (χ0) is 23.5. The van der Waals surface area contributed by atoms with Crippen molar-refractivity contribution in [3.05, 3.63) is 28.8 Å². The van der Waals surface area contributed by atoms with Gasteiger partial charge in [0.1, 0.15) is 17.4 Å². The fourth-order valence-corrected chi connectivity index (χ4v) is 3.79. The van der Waals surface area contributed by atoms with E-state index in [1.165, 1.54) is 7.11 Å². The molecule has 0 radical (unpaired) electrons. The molecule has 0 unspecified atom stereocenters. The molecule has 0 saturated carbocycles. The highest BCUT2D eigenvalue weighted by Crippen LogP contribution is 2.38. The first-order valence-corrected chi connectivity index (χ1v) is 13.2. The van der Waals surface area contributed by atoms with Crippen LogP contribution in [0.25, 0.3) is 0 Å². The first kappa shape index (κ1) is 26.0. The molecule has 7 heteroatoms. The van der Waals surface area contributed by atoms with Crippen molar-refractivity contribution < 1.29 is 23.5 Å². The molecule has 1 atom stereocenters. The van der Waals surface area contributed by atoms with Crippen molar-refractivity contribution in [3.63, 3.8) is 0 Å². The molecule has 0 fully saturated rings. The summed E-state index contributed by atoms with van der Waals surface area (Å²) in [6, 6.07) is 3.17. The molecule has 1 amide bonds. The maximum absolute atomic E-state index is 12.3. The summed E-state index contributed by atoms with van der Waals surface area (Å²) < 4.78 is 16.6. The monoisotopic (exact) mass is 437 g/mol. The number of amides is 1. The van der Waals surface area contributed by atoms with Gasteiger partial charge in [-0.2, -0.15) is 0 Å². The number of benzene rings is 1. The van der Waals surface area contributed by atoms with E-state index in [1.807, 2.05) is 26.0 Å². The molecule has 0 saturated heterocycles. The first-order chi connectivity index (χ1) is 13.5. The molecule has 1 aromatic rings. The van der Waals surface area contributed by atoms with Crippen molar-refractivity contribution in [2.24, 2.45) is 0 Å². The van der Waals surface area contributed by atoms with E-state index in [4.69, 9.17) is 13.9 Å². The zero-order valence-electron chi connectivity index (χ0n) is 20.5. The average Bonchev–Trinajstić information content (AvgIpc) is 2.53. The number of hydrogen-bond donors (Lipinski definition) is 1. The summed E-state index contributed by atoms with van der Waals surface area (Å²) in [6.07, 6.45) is -0.338. The molecule has 1 rings (SSSR count). The van der Waals surface area contributed by atoms with Crippen LogP contribution in [-0.4, -0.2) is 39.1 Å². The summed E-state index contributed by atoms with van der Waals surface area (Å²) in [6.45, 7) is 20.3. The van der Waals surface area contributed by atoms with Gasteiger partial charge in [0.15, 0.2) is 0 Å². The van der Waals surface area contributed by atoms with Crippen molar-refractivity contribution in [2.75, 3.05) is 7.11 Å². The third-order valence-corrected chi connectivity index (χ3v) is 9.79. The minimum absolute atomic E-state index is 0.0980. The van der Waals surface area contributed by atoms with Gasteiger partial charge in [-0.1, -0.05) is 20.8 Å². The molecule has 170 valence electrons. The lowest BCUT2D eigenvalue weighted by Crippen LogP contribution is -2.45. The SMILES string of the molecule is COC(=O)[C@H](Cc1c(C)cc(O[Si](C)(C)C(C)(C)C)cc1C)NC(=O)OC(C)(C)C. The van der Waals surface area contributed by atoms with Crippen LogP contribution < -0.4 is 9.74 Å².